The Labute approximate surface area is 296 Å². The van der Waals surface area contributed by atoms with Crippen molar-refractivity contribution in [1.29, 1.82) is 0 Å². The second-order valence-electron chi connectivity index (χ2n) is 15.4. The highest BCUT2D eigenvalue weighted by atomic mass is 14.9. The van der Waals surface area contributed by atoms with E-state index in [0.29, 0.717) is 11.8 Å². The van der Waals surface area contributed by atoms with E-state index in [4.69, 9.17) is 0 Å². The fourth-order valence-electron chi connectivity index (χ4n) is 9.04. The van der Waals surface area contributed by atoms with Crippen LogP contribution in [0.4, 0.5) is 0 Å². The van der Waals surface area contributed by atoms with E-state index >= 15 is 0 Å². The largest absolute Gasteiger partial charge is 0.308 e. The molecule has 0 fully saturated rings. The van der Waals surface area contributed by atoms with Crippen LogP contribution in [0.15, 0.2) is 140 Å². The molecule has 2 aromatic heterocycles. The van der Waals surface area contributed by atoms with Crippen molar-refractivity contribution in [2.75, 3.05) is 0 Å². The van der Waals surface area contributed by atoms with Gasteiger partial charge in [-0.15, -0.1) is 0 Å². The number of hydrogen-bond acceptors (Lipinski definition) is 0. The van der Waals surface area contributed by atoms with Crippen LogP contribution in [-0.4, -0.2) is 4.40 Å². The lowest BCUT2D eigenvalue weighted by molar-refractivity contribution is 0.869. The van der Waals surface area contributed by atoms with Crippen LogP contribution in [0.25, 0.3) is 103 Å². The van der Waals surface area contributed by atoms with E-state index in [2.05, 4.69) is 172 Å². The maximum absolute atomic E-state index is 2.55. The van der Waals surface area contributed by atoms with Crippen molar-refractivity contribution >= 4 is 92.0 Å². The molecule has 0 aliphatic heterocycles. The molecule has 0 saturated heterocycles. The molecule has 11 rings (SSSR count). The number of hydrogen-bond donors (Lipinski definition) is 0. The van der Waals surface area contributed by atoms with E-state index < -0.39 is 0 Å². The fraction of sp³-hybridized carbons (Fsp3) is 0.120. The van der Waals surface area contributed by atoms with Crippen molar-refractivity contribution in [3.8, 4) is 11.1 Å². The second kappa shape index (κ2) is 10.3. The zero-order valence-corrected chi connectivity index (χ0v) is 29.4. The highest BCUT2D eigenvalue weighted by molar-refractivity contribution is 6.28. The Morgan fingerprint density at radius 2 is 0.784 bits per heavy atom. The maximum Gasteiger partial charge on any atom is 0.0620 e. The number of rotatable bonds is 3. The van der Waals surface area contributed by atoms with Gasteiger partial charge in [0.15, 0.2) is 0 Å². The summed E-state index contributed by atoms with van der Waals surface area (Å²) < 4.78 is 2.55. The van der Waals surface area contributed by atoms with Crippen LogP contribution in [0.5, 0.6) is 0 Å². The van der Waals surface area contributed by atoms with Crippen LogP contribution in [0, 0.1) is 0 Å². The third kappa shape index (κ3) is 4.04. The standard InChI is InChI=1S/C50H37N/c1-28(2)30-13-15-33-26-48-44(22-35(33)19-30)46-24-37(25-47-45-23-36-20-31(29(3)4)14-16-34(36)27-49(45)51(48)50(46)47)32-17-18-42-40-11-6-5-9-38(40)39-10-7-8-12-41(39)43(42)21-32/h5-29H,1-4H3. The van der Waals surface area contributed by atoms with Gasteiger partial charge in [0.05, 0.1) is 16.6 Å². The molecular formula is C50H37N. The zero-order chi connectivity index (χ0) is 34.1. The first-order valence-electron chi connectivity index (χ1n) is 18.4. The Kier molecular flexibility index (Phi) is 5.84. The molecule has 0 saturated carbocycles. The van der Waals surface area contributed by atoms with Crippen molar-refractivity contribution in [2.45, 2.75) is 39.5 Å². The number of aromatic nitrogens is 1. The Bertz CT molecular complexity index is 3070. The lowest BCUT2D eigenvalue weighted by Crippen LogP contribution is -1.88. The minimum Gasteiger partial charge on any atom is -0.308 e. The maximum atomic E-state index is 2.55. The summed E-state index contributed by atoms with van der Waals surface area (Å²) in [6, 6.07) is 53.5. The van der Waals surface area contributed by atoms with E-state index in [-0.39, 0.29) is 0 Å². The second-order valence-corrected chi connectivity index (χ2v) is 15.4. The van der Waals surface area contributed by atoms with E-state index in [9.17, 15) is 0 Å². The molecule has 11 aromatic rings. The highest BCUT2D eigenvalue weighted by Crippen LogP contribution is 2.45. The zero-order valence-electron chi connectivity index (χ0n) is 29.4. The van der Waals surface area contributed by atoms with Crippen LogP contribution >= 0.6 is 0 Å². The summed E-state index contributed by atoms with van der Waals surface area (Å²) in [5.41, 5.74) is 9.15. The third-order valence-electron chi connectivity index (χ3n) is 11.8. The van der Waals surface area contributed by atoms with Crippen molar-refractivity contribution in [3.63, 3.8) is 0 Å². The molecular weight excluding hydrogens is 615 g/mol. The van der Waals surface area contributed by atoms with Crippen LogP contribution in [-0.2, 0) is 0 Å². The monoisotopic (exact) mass is 651 g/mol. The molecule has 0 aliphatic rings. The molecule has 9 aromatic carbocycles. The molecule has 1 heteroatoms. The van der Waals surface area contributed by atoms with Gasteiger partial charge in [-0.05, 0) is 130 Å². The van der Waals surface area contributed by atoms with Gasteiger partial charge in [0, 0.05) is 21.5 Å². The molecule has 0 aliphatic carbocycles. The van der Waals surface area contributed by atoms with Gasteiger partial charge in [-0.25, -0.2) is 0 Å². The summed E-state index contributed by atoms with van der Waals surface area (Å²) in [5, 5.41) is 18.3. The SMILES string of the molecule is CC(C)c1ccc2cc3c(cc2c1)c1cc(-c2ccc4c5ccccc5c5ccccc5c4c2)cc2c4cc5cc(C(C)C)ccc5cc4n3c12. The average Bonchev–Trinajstić information content (AvgIpc) is 3.65. The summed E-state index contributed by atoms with van der Waals surface area (Å²) in [7, 11) is 0. The van der Waals surface area contributed by atoms with E-state index in [1.807, 2.05) is 0 Å². The quantitative estimate of drug-likeness (QED) is 0.167. The molecule has 0 atom stereocenters. The molecule has 242 valence electrons. The molecule has 0 amide bonds. The Balaban J connectivity index is 1.27. The van der Waals surface area contributed by atoms with Crippen molar-refractivity contribution in [3.05, 3.63) is 151 Å². The fourth-order valence-corrected chi connectivity index (χ4v) is 9.04. The minimum atomic E-state index is 0.487. The number of nitrogens with zero attached hydrogens (tertiary/aromatic N) is 1. The molecule has 0 radical (unpaired) electrons. The van der Waals surface area contributed by atoms with Crippen LogP contribution < -0.4 is 0 Å². The summed E-state index contributed by atoms with van der Waals surface area (Å²) in [6.07, 6.45) is 0. The van der Waals surface area contributed by atoms with Gasteiger partial charge in [0.2, 0.25) is 0 Å². The predicted molar refractivity (Wildman–Crippen MR) is 222 cm³/mol. The third-order valence-corrected chi connectivity index (χ3v) is 11.8. The Morgan fingerprint density at radius 1 is 0.333 bits per heavy atom. The van der Waals surface area contributed by atoms with Gasteiger partial charge in [-0.1, -0.05) is 125 Å². The lowest BCUT2D eigenvalue weighted by Gasteiger charge is -2.12. The topological polar surface area (TPSA) is 4.41 Å². The van der Waals surface area contributed by atoms with Crippen LogP contribution in [0.3, 0.4) is 0 Å². The lowest BCUT2D eigenvalue weighted by atomic mass is 9.91. The smallest absolute Gasteiger partial charge is 0.0620 e. The molecule has 0 bridgehead atoms. The van der Waals surface area contributed by atoms with E-state index in [0.717, 1.165) is 0 Å². The van der Waals surface area contributed by atoms with Crippen molar-refractivity contribution in [2.24, 2.45) is 0 Å². The summed E-state index contributed by atoms with van der Waals surface area (Å²) >= 11 is 0. The Hall–Kier alpha value is -5.92. The first kappa shape index (κ1) is 28.9. The van der Waals surface area contributed by atoms with E-state index in [1.54, 1.807) is 0 Å². The van der Waals surface area contributed by atoms with E-state index in [1.165, 1.54) is 114 Å². The van der Waals surface area contributed by atoms with Gasteiger partial charge < -0.3 is 4.40 Å². The first-order valence-corrected chi connectivity index (χ1v) is 18.4. The molecule has 2 heterocycles. The molecule has 1 nitrogen and oxygen atoms in total. The molecule has 51 heavy (non-hydrogen) atoms. The minimum absolute atomic E-state index is 0.487. The summed E-state index contributed by atoms with van der Waals surface area (Å²) in [4.78, 5) is 0. The Morgan fingerprint density at radius 3 is 1.27 bits per heavy atom. The van der Waals surface area contributed by atoms with Gasteiger partial charge in [0.25, 0.3) is 0 Å². The average molecular weight is 652 g/mol. The molecule has 0 N–H and O–H groups in total. The predicted octanol–water partition coefficient (Wildman–Crippen LogP) is 14.5. The van der Waals surface area contributed by atoms with Crippen LogP contribution in [0.1, 0.15) is 50.7 Å². The molecule has 0 unspecified atom stereocenters. The van der Waals surface area contributed by atoms with Gasteiger partial charge >= 0.3 is 0 Å². The van der Waals surface area contributed by atoms with Crippen molar-refractivity contribution in [1.82, 2.24) is 4.40 Å². The van der Waals surface area contributed by atoms with Gasteiger partial charge in [-0.3, -0.25) is 0 Å². The number of benzene rings is 9. The first-order chi connectivity index (χ1) is 24.9. The van der Waals surface area contributed by atoms with Gasteiger partial charge in [0.1, 0.15) is 0 Å². The summed E-state index contributed by atoms with van der Waals surface area (Å²) in [6.45, 7) is 9.12. The normalized spacial score (nSPS) is 12.7. The molecule has 0 spiro atoms. The van der Waals surface area contributed by atoms with Crippen LogP contribution in [0.2, 0.25) is 0 Å². The van der Waals surface area contributed by atoms with Crippen molar-refractivity contribution < 1.29 is 0 Å². The number of fused-ring (bicyclic) bond motifs is 14. The van der Waals surface area contributed by atoms with Gasteiger partial charge in [-0.2, -0.15) is 0 Å². The summed E-state index contributed by atoms with van der Waals surface area (Å²) in [5.74, 6) is 0.974. The highest BCUT2D eigenvalue weighted by Gasteiger charge is 2.21.